The molecule has 110 valence electrons. The van der Waals surface area contributed by atoms with Crippen LogP contribution in [0, 0.1) is 11.6 Å². The fraction of sp³-hybridized carbons (Fsp3) is 0.333. The van der Waals surface area contributed by atoms with Gasteiger partial charge in [0, 0.05) is 17.7 Å². The van der Waals surface area contributed by atoms with Gasteiger partial charge in [0.25, 0.3) is 0 Å². The van der Waals surface area contributed by atoms with Crippen molar-refractivity contribution in [3.8, 4) is 0 Å². The molecule has 0 saturated carbocycles. The van der Waals surface area contributed by atoms with Crippen LogP contribution in [0.25, 0.3) is 0 Å². The second-order valence-electron chi connectivity index (χ2n) is 5.80. The minimum absolute atomic E-state index is 0.356. The van der Waals surface area contributed by atoms with Crippen LogP contribution in [0.15, 0.2) is 42.5 Å². The molecule has 2 aromatic carbocycles. The maximum atomic E-state index is 13.8. The first-order valence-corrected chi connectivity index (χ1v) is 7.43. The van der Waals surface area contributed by atoms with E-state index >= 15 is 0 Å². The summed E-state index contributed by atoms with van der Waals surface area (Å²) in [6.45, 7) is 0. The van der Waals surface area contributed by atoms with Gasteiger partial charge >= 0.3 is 0 Å². The minimum atomic E-state index is -0.563. The smallest absolute Gasteiger partial charge is 0.130 e. The maximum absolute atomic E-state index is 13.8. The van der Waals surface area contributed by atoms with Crippen LogP contribution in [0.3, 0.4) is 0 Å². The lowest BCUT2D eigenvalue weighted by Gasteiger charge is -2.28. The van der Waals surface area contributed by atoms with Gasteiger partial charge in [0.2, 0.25) is 0 Å². The van der Waals surface area contributed by atoms with Crippen LogP contribution >= 0.6 is 0 Å². The highest BCUT2D eigenvalue weighted by Crippen LogP contribution is 2.37. The predicted molar refractivity (Wildman–Crippen MR) is 80.0 cm³/mol. The van der Waals surface area contributed by atoms with Crippen molar-refractivity contribution in [2.24, 2.45) is 5.73 Å². The van der Waals surface area contributed by atoms with Crippen molar-refractivity contribution < 1.29 is 8.78 Å². The van der Waals surface area contributed by atoms with Crippen molar-refractivity contribution in [2.75, 3.05) is 0 Å². The summed E-state index contributed by atoms with van der Waals surface area (Å²) in [5, 5.41) is 0. The lowest BCUT2D eigenvalue weighted by molar-refractivity contribution is 0.462. The van der Waals surface area contributed by atoms with Gasteiger partial charge in [-0.05, 0) is 48.8 Å². The Labute approximate surface area is 123 Å². The van der Waals surface area contributed by atoms with Crippen LogP contribution in [0.1, 0.15) is 47.9 Å². The molecule has 0 bridgehead atoms. The summed E-state index contributed by atoms with van der Waals surface area (Å²) in [6.07, 6.45) is 4.01. The van der Waals surface area contributed by atoms with Crippen LogP contribution in [0.4, 0.5) is 8.78 Å². The van der Waals surface area contributed by atoms with E-state index in [1.807, 2.05) is 6.07 Å². The Kier molecular flexibility index (Phi) is 4.02. The molecule has 3 rings (SSSR count). The first kappa shape index (κ1) is 14.2. The zero-order valence-corrected chi connectivity index (χ0v) is 11.9. The summed E-state index contributed by atoms with van der Waals surface area (Å²) in [5.41, 5.74) is 9.28. The molecule has 0 spiro atoms. The van der Waals surface area contributed by atoms with Crippen molar-refractivity contribution in [1.82, 2.24) is 0 Å². The maximum Gasteiger partial charge on any atom is 0.130 e. The molecule has 3 heteroatoms. The highest BCUT2D eigenvalue weighted by Gasteiger charge is 2.23. The molecule has 0 fully saturated rings. The van der Waals surface area contributed by atoms with E-state index in [0.717, 1.165) is 25.3 Å². The Morgan fingerprint density at radius 3 is 2.76 bits per heavy atom. The van der Waals surface area contributed by atoms with Crippen molar-refractivity contribution in [2.45, 2.75) is 37.6 Å². The van der Waals surface area contributed by atoms with Crippen LogP contribution in [0.5, 0.6) is 0 Å². The zero-order valence-electron chi connectivity index (χ0n) is 11.9. The third kappa shape index (κ3) is 2.98. The quantitative estimate of drug-likeness (QED) is 0.885. The third-order valence-electron chi connectivity index (χ3n) is 4.39. The molecule has 0 saturated heterocycles. The summed E-state index contributed by atoms with van der Waals surface area (Å²) < 4.78 is 26.8. The summed E-state index contributed by atoms with van der Waals surface area (Å²) in [4.78, 5) is 0. The average Bonchev–Trinajstić information content (AvgIpc) is 2.47. The van der Waals surface area contributed by atoms with Gasteiger partial charge in [-0.25, -0.2) is 8.78 Å². The van der Waals surface area contributed by atoms with Crippen molar-refractivity contribution in [3.05, 3.63) is 70.8 Å². The fourth-order valence-corrected chi connectivity index (χ4v) is 3.34. The molecular formula is C18H19F2N. The van der Waals surface area contributed by atoms with Gasteiger partial charge in [-0.2, -0.15) is 0 Å². The summed E-state index contributed by atoms with van der Waals surface area (Å²) in [6, 6.07) is 11.6. The summed E-state index contributed by atoms with van der Waals surface area (Å²) in [7, 11) is 0. The molecule has 1 aliphatic carbocycles. The Bertz CT molecular complexity index is 639. The van der Waals surface area contributed by atoms with Crippen LogP contribution in [-0.4, -0.2) is 0 Å². The number of hydrogen-bond donors (Lipinski definition) is 1. The Morgan fingerprint density at radius 1 is 1.14 bits per heavy atom. The van der Waals surface area contributed by atoms with E-state index in [1.54, 1.807) is 0 Å². The molecule has 2 aromatic rings. The van der Waals surface area contributed by atoms with Gasteiger partial charge in [0.1, 0.15) is 11.6 Å². The van der Waals surface area contributed by atoms with Crippen molar-refractivity contribution >= 4 is 0 Å². The molecule has 0 aliphatic heterocycles. The molecule has 21 heavy (non-hydrogen) atoms. The predicted octanol–water partition coefficient (Wildman–Crippen LogP) is 4.47. The molecule has 0 radical (unpaired) electrons. The van der Waals surface area contributed by atoms with Crippen molar-refractivity contribution in [3.63, 3.8) is 0 Å². The van der Waals surface area contributed by atoms with Crippen molar-refractivity contribution in [1.29, 1.82) is 0 Å². The van der Waals surface area contributed by atoms with Gasteiger partial charge in [-0.3, -0.25) is 0 Å². The zero-order chi connectivity index (χ0) is 14.8. The highest BCUT2D eigenvalue weighted by molar-refractivity contribution is 5.33. The van der Waals surface area contributed by atoms with Gasteiger partial charge in [-0.15, -0.1) is 0 Å². The largest absolute Gasteiger partial charge is 0.324 e. The number of halogens is 2. The molecule has 2 unspecified atom stereocenters. The first-order chi connectivity index (χ1) is 10.1. The number of nitrogens with two attached hydrogens (primary N) is 1. The minimum Gasteiger partial charge on any atom is -0.324 e. The SMILES string of the molecule is NC(CC1CCCc2ccccc21)c1ccc(F)cc1F. The van der Waals surface area contributed by atoms with E-state index in [-0.39, 0.29) is 0 Å². The molecule has 0 amide bonds. The van der Waals surface area contributed by atoms with E-state index in [2.05, 4.69) is 18.2 Å². The summed E-state index contributed by atoms with van der Waals surface area (Å²) in [5.74, 6) is -0.757. The first-order valence-electron chi connectivity index (χ1n) is 7.43. The molecule has 2 N–H and O–H groups in total. The molecule has 2 atom stereocenters. The van der Waals surface area contributed by atoms with Gasteiger partial charge in [-0.1, -0.05) is 30.3 Å². The average molecular weight is 287 g/mol. The Morgan fingerprint density at radius 2 is 1.95 bits per heavy atom. The van der Waals surface area contributed by atoms with E-state index < -0.39 is 17.7 Å². The number of rotatable bonds is 3. The van der Waals surface area contributed by atoms with E-state index in [9.17, 15) is 8.78 Å². The van der Waals surface area contributed by atoms with Gasteiger partial charge < -0.3 is 5.73 Å². The monoisotopic (exact) mass is 287 g/mol. The van der Waals surface area contributed by atoms with E-state index in [1.165, 1.54) is 23.3 Å². The second-order valence-corrected chi connectivity index (χ2v) is 5.80. The standard InChI is InChI=1S/C18H19F2N/c19-14-8-9-16(17(20)11-14)18(21)10-13-6-3-5-12-4-1-2-7-15(12)13/h1-2,4,7-9,11,13,18H,3,5-6,10,21H2. The van der Waals surface area contributed by atoms with Gasteiger partial charge in [0.05, 0.1) is 0 Å². The molecule has 0 aromatic heterocycles. The molecule has 1 aliphatic rings. The molecule has 0 heterocycles. The Hall–Kier alpha value is -1.74. The number of benzene rings is 2. The lowest BCUT2D eigenvalue weighted by Crippen LogP contribution is -2.19. The fourth-order valence-electron chi connectivity index (χ4n) is 3.34. The van der Waals surface area contributed by atoms with Crippen LogP contribution < -0.4 is 5.73 Å². The Balaban J connectivity index is 1.81. The molecular weight excluding hydrogens is 268 g/mol. The van der Waals surface area contributed by atoms with Gasteiger partial charge in [0.15, 0.2) is 0 Å². The van der Waals surface area contributed by atoms with Crippen LogP contribution in [0.2, 0.25) is 0 Å². The third-order valence-corrected chi connectivity index (χ3v) is 4.39. The normalized spacial score (nSPS) is 19.1. The second kappa shape index (κ2) is 5.94. The van der Waals surface area contributed by atoms with E-state index in [0.29, 0.717) is 17.9 Å². The van der Waals surface area contributed by atoms with Crippen LogP contribution in [-0.2, 0) is 6.42 Å². The lowest BCUT2D eigenvalue weighted by atomic mass is 9.79. The number of fused-ring (bicyclic) bond motifs is 1. The number of hydrogen-bond acceptors (Lipinski definition) is 1. The van der Waals surface area contributed by atoms with E-state index in [4.69, 9.17) is 5.73 Å². The molecule has 1 nitrogen and oxygen atoms in total. The summed E-state index contributed by atoms with van der Waals surface area (Å²) >= 11 is 0. The highest BCUT2D eigenvalue weighted by atomic mass is 19.1. The number of aryl methyl sites for hydroxylation is 1. The topological polar surface area (TPSA) is 26.0 Å².